The molecule has 0 radical (unpaired) electrons. The number of carbonyl (C=O) groups is 2. The minimum atomic E-state index is -0.330. The first-order valence-electron chi connectivity index (χ1n) is 7.79. The highest BCUT2D eigenvalue weighted by Gasteiger charge is 2.23. The van der Waals surface area contributed by atoms with Gasteiger partial charge in [0.2, 0.25) is 11.8 Å². The predicted octanol–water partition coefficient (Wildman–Crippen LogP) is 2.00. The number of ether oxygens (including phenoxy) is 1. The Morgan fingerprint density at radius 2 is 1.92 bits per heavy atom. The Hall–Kier alpha value is -1.05. The Bertz CT molecular complexity index is 593. The van der Waals surface area contributed by atoms with Gasteiger partial charge in [-0.1, -0.05) is 29.3 Å². The smallest absolute Gasteiger partial charge is 0.241 e. The first kappa shape index (κ1) is 22.0. The number of nitrogens with two attached hydrogens (primary N) is 1. The maximum Gasteiger partial charge on any atom is 0.241 e. The van der Waals surface area contributed by atoms with Crippen LogP contribution >= 0.6 is 35.6 Å². The fourth-order valence-corrected chi connectivity index (χ4v) is 2.79. The SMILES string of the molecule is Cl.NCC(=O)NCC(=O)N1CCC(OCc2ccc(Cl)c(Cl)c2)CC1. The number of rotatable bonds is 6. The van der Waals surface area contributed by atoms with Gasteiger partial charge in [0.25, 0.3) is 0 Å². The Balaban J connectivity index is 0.00000312. The molecule has 0 saturated carbocycles. The van der Waals surface area contributed by atoms with Gasteiger partial charge in [-0.2, -0.15) is 0 Å². The largest absolute Gasteiger partial charge is 0.373 e. The Morgan fingerprint density at radius 1 is 1.24 bits per heavy atom. The number of benzene rings is 1. The summed E-state index contributed by atoms with van der Waals surface area (Å²) in [5.41, 5.74) is 6.15. The van der Waals surface area contributed by atoms with E-state index in [9.17, 15) is 9.59 Å². The van der Waals surface area contributed by atoms with Gasteiger partial charge in [-0.05, 0) is 30.5 Å². The summed E-state index contributed by atoms with van der Waals surface area (Å²) in [6.07, 6.45) is 1.62. The number of amides is 2. The van der Waals surface area contributed by atoms with E-state index in [4.69, 9.17) is 33.7 Å². The van der Waals surface area contributed by atoms with Crippen LogP contribution in [0.15, 0.2) is 18.2 Å². The molecule has 9 heteroatoms. The summed E-state index contributed by atoms with van der Waals surface area (Å²) < 4.78 is 5.88. The van der Waals surface area contributed by atoms with Crippen molar-refractivity contribution in [2.45, 2.75) is 25.6 Å². The molecule has 0 atom stereocenters. The Morgan fingerprint density at radius 3 is 2.52 bits per heavy atom. The van der Waals surface area contributed by atoms with E-state index in [2.05, 4.69) is 5.32 Å². The molecule has 1 aromatic rings. The lowest BCUT2D eigenvalue weighted by Gasteiger charge is -2.32. The van der Waals surface area contributed by atoms with Gasteiger partial charge < -0.3 is 20.7 Å². The van der Waals surface area contributed by atoms with Crippen molar-refractivity contribution in [2.24, 2.45) is 5.73 Å². The monoisotopic (exact) mass is 409 g/mol. The third-order valence-corrected chi connectivity index (χ3v) is 4.63. The zero-order valence-electron chi connectivity index (χ0n) is 13.7. The lowest BCUT2D eigenvalue weighted by molar-refractivity contribution is -0.135. The third kappa shape index (κ3) is 6.99. The van der Waals surface area contributed by atoms with Crippen LogP contribution in [0.4, 0.5) is 0 Å². The van der Waals surface area contributed by atoms with E-state index >= 15 is 0 Å². The summed E-state index contributed by atoms with van der Waals surface area (Å²) in [5.74, 6) is -0.428. The predicted molar refractivity (Wildman–Crippen MR) is 100 cm³/mol. The average Bonchev–Trinajstić information content (AvgIpc) is 2.60. The summed E-state index contributed by atoms with van der Waals surface area (Å²) in [6, 6.07) is 5.43. The molecule has 1 saturated heterocycles. The van der Waals surface area contributed by atoms with Crippen LogP contribution in [0.25, 0.3) is 0 Å². The fourth-order valence-electron chi connectivity index (χ4n) is 2.47. The zero-order valence-corrected chi connectivity index (χ0v) is 16.0. The van der Waals surface area contributed by atoms with E-state index in [1.165, 1.54) is 0 Å². The van der Waals surface area contributed by atoms with Gasteiger partial charge in [-0.15, -0.1) is 12.4 Å². The van der Waals surface area contributed by atoms with Crippen LogP contribution in [-0.2, 0) is 20.9 Å². The van der Waals surface area contributed by atoms with Gasteiger partial charge in [0.15, 0.2) is 0 Å². The summed E-state index contributed by atoms with van der Waals surface area (Å²) in [4.78, 5) is 24.8. The quantitative estimate of drug-likeness (QED) is 0.751. The van der Waals surface area contributed by atoms with Crippen molar-refractivity contribution >= 4 is 47.4 Å². The van der Waals surface area contributed by atoms with Crippen LogP contribution in [0.5, 0.6) is 0 Å². The van der Waals surface area contributed by atoms with Crippen molar-refractivity contribution < 1.29 is 14.3 Å². The van der Waals surface area contributed by atoms with Gasteiger partial charge >= 0.3 is 0 Å². The summed E-state index contributed by atoms with van der Waals surface area (Å²) in [6.45, 7) is 1.57. The van der Waals surface area contributed by atoms with E-state index in [-0.39, 0.29) is 43.4 Å². The van der Waals surface area contributed by atoms with Crippen LogP contribution < -0.4 is 11.1 Å². The summed E-state index contributed by atoms with van der Waals surface area (Å²) in [5, 5.41) is 3.52. The normalized spacial score (nSPS) is 14.8. The lowest BCUT2D eigenvalue weighted by Crippen LogP contribution is -2.46. The molecule has 0 aliphatic carbocycles. The van der Waals surface area contributed by atoms with Crippen molar-refractivity contribution in [2.75, 3.05) is 26.2 Å². The molecule has 0 bridgehead atoms. The first-order chi connectivity index (χ1) is 11.5. The molecule has 25 heavy (non-hydrogen) atoms. The van der Waals surface area contributed by atoms with E-state index < -0.39 is 0 Å². The number of nitrogens with zero attached hydrogens (tertiary/aromatic N) is 1. The molecule has 140 valence electrons. The Labute approximate surface area is 163 Å². The summed E-state index contributed by atoms with van der Waals surface area (Å²) in [7, 11) is 0. The summed E-state index contributed by atoms with van der Waals surface area (Å²) >= 11 is 11.9. The molecule has 0 aromatic heterocycles. The molecule has 6 nitrogen and oxygen atoms in total. The molecule has 0 spiro atoms. The molecular formula is C16H22Cl3N3O3. The van der Waals surface area contributed by atoms with Crippen molar-refractivity contribution in [1.82, 2.24) is 10.2 Å². The lowest BCUT2D eigenvalue weighted by atomic mass is 10.1. The third-order valence-electron chi connectivity index (χ3n) is 3.89. The number of carbonyl (C=O) groups excluding carboxylic acids is 2. The van der Waals surface area contributed by atoms with E-state index in [1.807, 2.05) is 6.07 Å². The molecule has 1 aliphatic rings. The first-order valence-corrected chi connectivity index (χ1v) is 8.55. The second-order valence-electron chi connectivity index (χ2n) is 5.62. The van der Waals surface area contributed by atoms with Crippen LogP contribution in [0, 0.1) is 0 Å². The van der Waals surface area contributed by atoms with Crippen LogP contribution in [-0.4, -0.2) is 49.0 Å². The van der Waals surface area contributed by atoms with Gasteiger partial charge in [0, 0.05) is 13.1 Å². The molecule has 0 unspecified atom stereocenters. The van der Waals surface area contributed by atoms with E-state index in [0.29, 0.717) is 29.7 Å². The highest BCUT2D eigenvalue weighted by molar-refractivity contribution is 6.42. The van der Waals surface area contributed by atoms with Crippen LogP contribution in [0.2, 0.25) is 10.0 Å². The van der Waals surface area contributed by atoms with Gasteiger partial charge in [-0.25, -0.2) is 0 Å². The van der Waals surface area contributed by atoms with Crippen molar-refractivity contribution in [1.29, 1.82) is 0 Å². The zero-order chi connectivity index (χ0) is 17.5. The van der Waals surface area contributed by atoms with E-state index in [0.717, 1.165) is 18.4 Å². The number of hydrogen-bond acceptors (Lipinski definition) is 4. The second-order valence-corrected chi connectivity index (χ2v) is 6.43. The minimum Gasteiger partial charge on any atom is -0.373 e. The minimum absolute atomic E-state index is 0. The second kappa shape index (κ2) is 10.8. The standard InChI is InChI=1S/C16H21Cl2N3O3.ClH/c17-13-2-1-11(7-14(13)18)10-24-12-3-5-21(6-4-12)16(23)9-20-15(22)8-19;/h1-2,7,12H,3-6,8-10,19H2,(H,20,22);1H. The molecule has 2 amide bonds. The van der Waals surface area contributed by atoms with Gasteiger partial charge in [0.05, 0.1) is 35.8 Å². The molecule has 2 rings (SSSR count). The maximum absolute atomic E-state index is 12.0. The van der Waals surface area contributed by atoms with Crippen LogP contribution in [0.3, 0.4) is 0 Å². The number of nitrogens with one attached hydrogen (secondary N) is 1. The van der Waals surface area contributed by atoms with Gasteiger partial charge in [0.1, 0.15) is 0 Å². The van der Waals surface area contributed by atoms with Crippen molar-refractivity contribution in [3.63, 3.8) is 0 Å². The van der Waals surface area contributed by atoms with E-state index in [1.54, 1.807) is 17.0 Å². The highest BCUT2D eigenvalue weighted by Crippen LogP contribution is 2.23. The Kier molecular flexibility index (Phi) is 9.53. The number of likely N-dealkylation sites (tertiary alicyclic amines) is 1. The number of halogens is 3. The molecular weight excluding hydrogens is 389 g/mol. The number of piperidine rings is 1. The maximum atomic E-state index is 12.0. The topological polar surface area (TPSA) is 84.7 Å². The molecule has 1 heterocycles. The average molecular weight is 411 g/mol. The van der Waals surface area contributed by atoms with Crippen molar-refractivity contribution in [3.05, 3.63) is 33.8 Å². The van der Waals surface area contributed by atoms with Crippen molar-refractivity contribution in [3.8, 4) is 0 Å². The highest BCUT2D eigenvalue weighted by atomic mass is 35.5. The van der Waals surface area contributed by atoms with Crippen LogP contribution in [0.1, 0.15) is 18.4 Å². The fraction of sp³-hybridized carbons (Fsp3) is 0.500. The molecule has 3 N–H and O–H groups in total. The molecule has 1 aromatic carbocycles. The number of hydrogen-bond donors (Lipinski definition) is 2. The molecule has 1 fully saturated rings. The van der Waals surface area contributed by atoms with Gasteiger partial charge in [-0.3, -0.25) is 9.59 Å². The molecule has 1 aliphatic heterocycles.